The Bertz CT molecular complexity index is 165. The van der Waals surface area contributed by atoms with Crippen LogP contribution in [-0.4, -0.2) is 35.2 Å². The normalized spacial score (nSPS) is 36.2. The lowest BCUT2D eigenvalue weighted by Gasteiger charge is -2.32. The van der Waals surface area contributed by atoms with Gasteiger partial charge in [0, 0.05) is 12.1 Å². The van der Waals surface area contributed by atoms with Crippen molar-refractivity contribution in [2.75, 3.05) is 7.05 Å². The minimum atomic E-state index is -0.0504. The standard InChI is InChI=1S/C11H21NO/c1-12(9-5-2-3-6-9)10-7-4-8-11(10)13/h9-11,13H,2-8H2,1H3/t10-,11-/m1/s1. The van der Waals surface area contributed by atoms with Crippen molar-refractivity contribution in [3.05, 3.63) is 0 Å². The van der Waals surface area contributed by atoms with Gasteiger partial charge in [0.2, 0.25) is 0 Å². The summed E-state index contributed by atoms with van der Waals surface area (Å²) in [4.78, 5) is 2.45. The van der Waals surface area contributed by atoms with E-state index in [0.29, 0.717) is 6.04 Å². The Labute approximate surface area is 80.9 Å². The summed E-state index contributed by atoms with van der Waals surface area (Å²) in [5, 5.41) is 9.78. The van der Waals surface area contributed by atoms with Crippen LogP contribution in [0.25, 0.3) is 0 Å². The maximum atomic E-state index is 9.78. The topological polar surface area (TPSA) is 23.5 Å². The largest absolute Gasteiger partial charge is 0.391 e. The van der Waals surface area contributed by atoms with E-state index in [1.54, 1.807) is 0 Å². The Morgan fingerprint density at radius 3 is 2.23 bits per heavy atom. The van der Waals surface area contributed by atoms with Crippen LogP contribution in [0.5, 0.6) is 0 Å². The van der Waals surface area contributed by atoms with E-state index in [2.05, 4.69) is 11.9 Å². The van der Waals surface area contributed by atoms with E-state index in [0.717, 1.165) is 12.5 Å². The van der Waals surface area contributed by atoms with Gasteiger partial charge in [-0.2, -0.15) is 0 Å². The van der Waals surface area contributed by atoms with Crippen molar-refractivity contribution in [2.24, 2.45) is 0 Å². The van der Waals surface area contributed by atoms with Crippen molar-refractivity contribution in [3.8, 4) is 0 Å². The fourth-order valence-corrected chi connectivity index (χ4v) is 2.98. The van der Waals surface area contributed by atoms with Crippen LogP contribution in [-0.2, 0) is 0 Å². The molecule has 0 aromatic heterocycles. The predicted octanol–water partition coefficient (Wildman–Crippen LogP) is 1.77. The van der Waals surface area contributed by atoms with Crippen LogP contribution in [0.1, 0.15) is 44.9 Å². The van der Waals surface area contributed by atoms with Gasteiger partial charge in [-0.1, -0.05) is 12.8 Å². The third-order valence-corrected chi connectivity index (χ3v) is 3.87. The first kappa shape index (κ1) is 9.47. The van der Waals surface area contributed by atoms with E-state index in [-0.39, 0.29) is 6.10 Å². The first-order valence-corrected chi connectivity index (χ1v) is 5.69. The van der Waals surface area contributed by atoms with E-state index in [4.69, 9.17) is 0 Å². The van der Waals surface area contributed by atoms with Crippen LogP contribution in [0.2, 0.25) is 0 Å². The zero-order chi connectivity index (χ0) is 9.26. The molecule has 13 heavy (non-hydrogen) atoms. The summed E-state index contributed by atoms with van der Waals surface area (Å²) in [6.45, 7) is 0. The molecular formula is C11H21NO. The predicted molar refractivity (Wildman–Crippen MR) is 53.7 cm³/mol. The van der Waals surface area contributed by atoms with Crippen molar-refractivity contribution in [2.45, 2.75) is 63.1 Å². The Morgan fingerprint density at radius 1 is 1.00 bits per heavy atom. The van der Waals surface area contributed by atoms with Crippen molar-refractivity contribution in [3.63, 3.8) is 0 Å². The molecule has 0 aromatic rings. The summed E-state index contributed by atoms with van der Waals surface area (Å²) in [7, 11) is 2.20. The minimum Gasteiger partial charge on any atom is -0.391 e. The molecule has 0 aliphatic heterocycles. The molecule has 2 aliphatic rings. The molecule has 0 spiro atoms. The molecule has 0 unspecified atom stereocenters. The molecule has 0 amide bonds. The fraction of sp³-hybridized carbons (Fsp3) is 1.00. The van der Waals surface area contributed by atoms with Crippen LogP contribution in [0.15, 0.2) is 0 Å². The second-order valence-electron chi connectivity index (χ2n) is 4.67. The first-order valence-electron chi connectivity index (χ1n) is 5.69. The third-order valence-electron chi connectivity index (χ3n) is 3.87. The highest BCUT2D eigenvalue weighted by molar-refractivity contribution is 4.88. The van der Waals surface area contributed by atoms with Crippen LogP contribution in [0.4, 0.5) is 0 Å². The summed E-state index contributed by atoms with van der Waals surface area (Å²) in [5.41, 5.74) is 0. The van der Waals surface area contributed by atoms with Crippen molar-refractivity contribution in [1.29, 1.82) is 0 Å². The molecule has 0 saturated heterocycles. The minimum absolute atomic E-state index is 0.0504. The van der Waals surface area contributed by atoms with Crippen LogP contribution < -0.4 is 0 Å². The third kappa shape index (κ3) is 1.89. The van der Waals surface area contributed by atoms with Gasteiger partial charge in [-0.05, 0) is 39.2 Å². The van der Waals surface area contributed by atoms with Gasteiger partial charge < -0.3 is 5.11 Å². The lowest BCUT2D eigenvalue weighted by molar-refractivity contribution is 0.0628. The van der Waals surface area contributed by atoms with E-state index in [1.165, 1.54) is 38.5 Å². The zero-order valence-electron chi connectivity index (χ0n) is 8.58. The zero-order valence-corrected chi connectivity index (χ0v) is 8.58. The molecule has 0 aromatic carbocycles. The van der Waals surface area contributed by atoms with Crippen LogP contribution >= 0.6 is 0 Å². The molecule has 2 fully saturated rings. The van der Waals surface area contributed by atoms with Crippen LogP contribution in [0.3, 0.4) is 0 Å². The highest BCUT2D eigenvalue weighted by Gasteiger charge is 2.33. The summed E-state index contributed by atoms with van der Waals surface area (Å²) in [5.74, 6) is 0. The smallest absolute Gasteiger partial charge is 0.0695 e. The summed E-state index contributed by atoms with van der Waals surface area (Å²) >= 11 is 0. The summed E-state index contributed by atoms with van der Waals surface area (Å²) < 4.78 is 0. The molecule has 2 heteroatoms. The van der Waals surface area contributed by atoms with E-state index >= 15 is 0 Å². The second kappa shape index (κ2) is 3.97. The molecule has 0 radical (unpaired) electrons. The van der Waals surface area contributed by atoms with Gasteiger partial charge in [0.1, 0.15) is 0 Å². The maximum Gasteiger partial charge on any atom is 0.0695 e. The van der Waals surface area contributed by atoms with Crippen LogP contribution in [0, 0.1) is 0 Å². The number of rotatable bonds is 2. The molecular weight excluding hydrogens is 162 g/mol. The summed E-state index contributed by atoms with van der Waals surface area (Å²) in [6, 6.07) is 1.22. The van der Waals surface area contributed by atoms with Gasteiger partial charge in [0.05, 0.1) is 6.10 Å². The fourth-order valence-electron chi connectivity index (χ4n) is 2.98. The molecule has 2 atom stereocenters. The van der Waals surface area contributed by atoms with E-state index < -0.39 is 0 Å². The Hall–Kier alpha value is -0.0800. The lowest BCUT2D eigenvalue weighted by Crippen LogP contribution is -2.42. The number of aliphatic hydroxyl groups is 1. The van der Waals surface area contributed by atoms with Gasteiger partial charge in [-0.15, -0.1) is 0 Å². The average molecular weight is 183 g/mol. The Balaban J connectivity index is 1.91. The number of likely N-dealkylation sites (N-methyl/N-ethyl adjacent to an activating group) is 1. The maximum absolute atomic E-state index is 9.78. The Kier molecular flexibility index (Phi) is 2.89. The summed E-state index contributed by atoms with van der Waals surface area (Å²) in [6.07, 6.45) is 8.85. The quantitative estimate of drug-likeness (QED) is 0.705. The number of aliphatic hydroxyl groups excluding tert-OH is 1. The molecule has 2 rings (SSSR count). The highest BCUT2D eigenvalue weighted by Crippen LogP contribution is 2.30. The molecule has 2 nitrogen and oxygen atoms in total. The molecule has 0 heterocycles. The number of hydrogen-bond acceptors (Lipinski definition) is 2. The van der Waals surface area contributed by atoms with Gasteiger partial charge in [0.25, 0.3) is 0 Å². The van der Waals surface area contributed by atoms with E-state index in [1.807, 2.05) is 0 Å². The molecule has 2 saturated carbocycles. The first-order chi connectivity index (χ1) is 6.29. The van der Waals surface area contributed by atoms with E-state index in [9.17, 15) is 5.11 Å². The second-order valence-corrected chi connectivity index (χ2v) is 4.67. The number of hydrogen-bond donors (Lipinski definition) is 1. The Morgan fingerprint density at radius 2 is 1.69 bits per heavy atom. The van der Waals surface area contributed by atoms with Gasteiger partial charge in [-0.25, -0.2) is 0 Å². The van der Waals surface area contributed by atoms with Crippen molar-refractivity contribution in [1.82, 2.24) is 4.90 Å². The molecule has 0 bridgehead atoms. The lowest BCUT2D eigenvalue weighted by atomic mass is 10.1. The highest BCUT2D eigenvalue weighted by atomic mass is 16.3. The monoisotopic (exact) mass is 183 g/mol. The van der Waals surface area contributed by atoms with Gasteiger partial charge in [-0.3, -0.25) is 4.90 Å². The van der Waals surface area contributed by atoms with Crippen molar-refractivity contribution < 1.29 is 5.11 Å². The molecule has 1 N–H and O–H groups in total. The number of nitrogens with zero attached hydrogens (tertiary/aromatic N) is 1. The average Bonchev–Trinajstić information content (AvgIpc) is 2.72. The molecule has 2 aliphatic carbocycles. The van der Waals surface area contributed by atoms with Crippen molar-refractivity contribution >= 4 is 0 Å². The SMILES string of the molecule is CN(C1CCCC1)[C@@H]1CCC[C@H]1O. The molecule has 76 valence electrons. The van der Waals surface area contributed by atoms with Gasteiger partial charge in [0.15, 0.2) is 0 Å². The van der Waals surface area contributed by atoms with Gasteiger partial charge >= 0.3 is 0 Å².